The molecular formula is C22H22F3NO7S. The fourth-order valence-electron chi connectivity index (χ4n) is 4.32. The molecule has 1 aromatic carbocycles. The summed E-state index contributed by atoms with van der Waals surface area (Å²) < 4.78 is 83.9. The smallest absolute Gasteiger partial charge is 0.490 e. The minimum atomic E-state index is -5.78. The summed E-state index contributed by atoms with van der Waals surface area (Å²) in [6.07, 6.45) is 1.93. The van der Waals surface area contributed by atoms with Gasteiger partial charge in [0.05, 0.1) is 25.5 Å². The molecule has 0 bridgehead atoms. The van der Waals surface area contributed by atoms with Gasteiger partial charge in [0.2, 0.25) is 0 Å². The monoisotopic (exact) mass is 501 g/mol. The predicted octanol–water partition coefficient (Wildman–Crippen LogP) is 2.97. The highest BCUT2D eigenvalue weighted by molar-refractivity contribution is 7.88. The molecule has 184 valence electrons. The number of alkyl halides is 3. The Kier molecular flexibility index (Phi) is 5.85. The lowest BCUT2D eigenvalue weighted by Gasteiger charge is -2.28. The number of hydrogen-bond donors (Lipinski definition) is 0. The van der Waals surface area contributed by atoms with Crippen molar-refractivity contribution in [2.75, 3.05) is 26.4 Å². The highest BCUT2D eigenvalue weighted by Crippen LogP contribution is 2.49. The number of nitrogens with zero attached hydrogens (tertiary/aromatic N) is 1. The van der Waals surface area contributed by atoms with Crippen LogP contribution in [-0.2, 0) is 32.6 Å². The summed E-state index contributed by atoms with van der Waals surface area (Å²) in [5, 5.41) is 0. The second-order valence-electron chi connectivity index (χ2n) is 8.47. The lowest BCUT2D eigenvalue weighted by molar-refractivity contribution is -0.101. The Hall–Kier alpha value is -2.57. The van der Waals surface area contributed by atoms with Crippen LogP contribution in [-0.4, -0.2) is 51.0 Å². The molecule has 1 atom stereocenters. The maximum Gasteiger partial charge on any atom is 0.534 e. The minimum Gasteiger partial charge on any atom is -0.490 e. The Morgan fingerprint density at radius 2 is 1.94 bits per heavy atom. The topological polar surface area (TPSA) is 93.1 Å². The third-order valence-corrected chi connectivity index (χ3v) is 7.01. The van der Waals surface area contributed by atoms with Gasteiger partial charge in [-0.1, -0.05) is 0 Å². The van der Waals surface area contributed by atoms with E-state index < -0.39 is 21.4 Å². The van der Waals surface area contributed by atoms with E-state index in [1.54, 1.807) is 4.57 Å². The lowest BCUT2D eigenvalue weighted by Crippen LogP contribution is -2.34. The first-order valence-corrected chi connectivity index (χ1v) is 12.3. The molecule has 0 spiro atoms. The first-order chi connectivity index (χ1) is 16.1. The molecule has 12 heteroatoms. The average Bonchev–Trinajstić information content (AvgIpc) is 3.62. The normalized spacial score (nSPS) is 20.4. The summed E-state index contributed by atoms with van der Waals surface area (Å²) in [5.41, 5.74) is -3.02. The first-order valence-electron chi connectivity index (χ1n) is 10.9. The highest BCUT2D eigenvalue weighted by atomic mass is 32.2. The van der Waals surface area contributed by atoms with Gasteiger partial charge < -0.3 is 23.0 Å². The zero-order valence-corrected chi connectivity index (χ0v) is 18.8. The van der Waals surface area contributed by atoms with Crippen molar-refractivity contribution in [2.24, 2.45) is 0 Å². The number of hydrogen-bond acceptors (Lipinski definition) is 7. The van der Waals surface area contributed by atoms with Gasteiger partial charge >= 0.3 is 15.6 Å². The van der Waals surface area contributed by atoms with E-state index in [2.05, 4.69) is 4.18 Å². The Balaban J connectivity index is 1.51. The lowest BCUT2D eigenvalue weighted by atomic mass is 9.92. The second kappa shape index (κ2) is 8.58. The van der Waals surface area contributed by atoms with Crippen LogP contribution in [0.2, 0.25) is 0 Å². The van der Waals surface area contributed by atoms with E-state index in [9.17, 15) is 26.4 Å². The molecule has 1 saturated carbocycles. The Morgan fingerprint density at radius 3 is 2.62 bits per heavy atom. The van der Waals surface area contributed by atoms with Crippen molar-refractivity contribution >= 4 is 10.1 Å². The number of fused-ring (bicyclic) bond motifs is 3. The van der Waals surface area contributed by atoms with Gasteiger partial charge in [0.1, 0.15) is 24.2 Å². The molecule has 2 aliphatic heterocycles. The molecular weight excluding hydrogens is 479 g/mol. The Morgan fingerprint density at radius 1 is 1.15 bits per heavy atom. The molecule has 0 amide bonds. The van der Waals surface area contributed by atoms with Crippen LogP contribution in [0.1, 0.15) is 29.9 Å². The molecule has 1 aromatic heterocycles. The van der Waals surface area contributed by atoms with Crippen molar-refractivity contribution in [3.05, 3.63) is 45.7 Å². The van der Waals surface area contributed by atoms with Gasteiger partial charge in [-0.3, -0.25) is 4.79 Å². The maximum atomic E-state index is 12.9. The summed E-state index contributed by atoms with van der Waals surface area (Å²) in [6, 6.07) is 5.41. The van der Waals surface area contributed by atoms with E-state index in [1.807, 2.05) is 0 Å². The van der Waals surface area contributed by atoms with Crippen LogP contribution in [0.4, 0.5) is 13.2 Å². The molecule has 2 aromatic rings. The zero-order valence-electron chi connectivity index (χ0n) is 18.0. The molecule has 2 fully saturated rings. The van der Waals surface area contributed by atoms with Crippen LogP contribution in [0.15, 0.2) is 29.1 Å². The van der Waals surface area contributed by atoms with E-state index in [-0.39, 0.29) is 24.2 Å². The molecule has 0 N–H and O–H groups in total. The van der Waals surface area contributed by atoms with E-state index >= 15 is 0 Å². The van der Waals surface area contributed by atoms with Crippen molar-refractivity contribution < 1.29 is 40.0 Å². The number of rotatable bonds is 6. The van der Waals surface area contributed by atoms with Crippen LogP contribution in [0.25, 0.3) is 11.3 Å². The van der Waals surface area contributed by atoms with Crippen molar-refractivity contribution in [3.8, 4) is 22.8 Å². The summed E-state index contributed by atoms with van der Waals surface area (Å²) in [7, 11) is -5.78. The number of pyridine rings is 1. The Labute approximate surface area is 193 Å². The Bertz CT molecular complexity index is 1260. The van der Waals surface area contributed by atoms with Crippen LogP contribution >= 0.6 is 0 Å². The van der Waals surface area contributed by atoms with Crippen molar-refractivity contribution in [3.63, 3.8) is 0 Å². The minimum absolute atomic E-state index is 0.188. The summed E-state index contributed by atoms with van der Waals surface area (Å²) in [6.45, 7) is 1.91. The van der Waals surface area contributed by atoms with Crippen molar-refractivity contribution in [1.82, 2.24) is 4.57 Å². The zero-order chi connectivity index (χ0) is 24.1. The molecule has 1 saturated heterocycles. The second-order valence-corrected chi connectivity index (χ2v) is 10.0. The molecule has 34 heavy (non-hydrogen) atoms. The van der Waals surface area contributed by atoms with Gasteiger partial charge in [0.15, 0.2) is 0 Å². The van der Waals surface area contributed by atoms with Gasteiger partial charge in [0, 0.05) is 23.7 Å². The quantitative estimate of drug-likeness (QED) is 0.444. The molecule has 1 aliphatic carbocycles. The van der Waals surface area contributed by atoms with Crippen LogP contribution in [0.3, 0.4) is 0 Å². The van der Waals surface area contributed by atoms with E-state index in [1.165, 1.54) is 24.3 Å². The predicted molar refractivity (Wildman–Crippen MR) is 113 cm³/mol. The molecule has 3 aliphatic rings. The molecule has 3 heterocycles. The van der Waals surface area contributed by atoms with E-state index in [0.29, 0.717) is 55.4 Å². The number of benzene rings is 1. The van der Waals surface area contributed by atoms with Gasteiger partial charge in [-0.2, -0.15) is 21.6 Å². The summed E-state index contributed by atoms with van der Waals surface area (Å²) in [5.74, 6) is 0.218. The SMILES string of the molecule is O=c1cc(OC[C@@H]2COCCO2)c(C2CC2)c2n1CCc1cc(OS(=O)(=O)C(F)(F)F)ccc1-2. The fraction of sp³-hybridized carbons (Fsp3) is 0.500. The number of ether oxygens (including phenoxy) is 3. The van der Waals surface area contributed by atoms with Gasteiger partial charge in [-0.05, 0) is 48.9 Å². The molecule has 5 rings (SSSR count). The molecule has 8 nitrogen and oxygen atoms in total. The number of aryl methyl sites for hydroxylation is 1. The van der Waals surface area contributed by atoms with Gasteiger partial charge in [-0.15, -0.1) is 0 Å². The standard InChI is InChI=1S/C22H22F3NO7S/c23-22(24,25)34(28,29)33-15-3-4-17-14(9-15)5-6-26-19(27)10-18(20(21(17)26)13-1-2-13)32-12-16-11-30-7-8-31-16/h3-4,9-10,13,16H,1-2,5-8,11-12H2/t16-/m0/s1. The van der Waals surface area contributed by atoms with Crippen LogP contribution in [0.5, 0.6) is 11.5 Å². The summed E-state index contributed by atoms with van der Waals surface area (Å²) >= 11 is 0. The third-order valence-electron chi connectivity index (χ3n) is 6.03. The number of halogens is 3. The van der Waals surface area contributed by atoms with Crippen molar-refractivity contribution in [1.29, 1.82) is 0 Å². The van der Waals surface area contributed by atoms with E-state index in [4.69, 9.17) is 14.2 Å². The molecule has 0 radical (unpaired) electrons. The fourth-order valence-corrected chi connectivity index (χ4v) is 4.77. The first kappa shape index (κ1) is 23.2. The van der Waals surface area contributed by atoms with Gasteiger partial charge in [-0.25, -0.2) is 0 Å². The molecule has 0 unspecified atom stereocenters. The van der Waals surface area contributed by atoms with Crippen molar-refractivity contribution in [2.45, 2.75) is 43.3 Å². The maximum absolute atomic E-state index is 12.9. The van der Waals surface area contributed by atoms with Crippen LogP contribution in [0, 0.1) is 0 Å². The van der Waals surface area contributed by atoms with E-state index in [0.717, 1.165) is 18.4 Å². The van der Waals surface area contributed by atoms with Gasteiger partial charge in [0.25, 0.3) is 5.56 Å². The highest BCUT2D eigenvalue weighted by Gasteiger charge is 2.48. The average molecular weight is 501 g/mol. The largest absolute Gasteiger partial charge is 0.534 e. The van der Waals surface area contributed by atoms with Crippen LogP contribution < -0.4 is 14.5 Å². The summed E-state index contributed by atoms with van der Waals surface area (Å²) in [4.78, 5) is 12.9. The number of aromatic nitrogens is 1. The third kappa shape index (κ3) is 4.41.